The Morgan fingerprint density at radius 3 is 2.72 bits per heavy atom. The molecule has 0 fully saturated rings. The molecule has 3 nitrogen and oxygen atoms in total. The van der Waals surface area contributed by atoms with E-state index >= 15 is 0 Å². The van der Waals surface area contributed by atoms with Crippen LogP contribution in [0.25, 0.3) is 0 Å². The molecule has 0 radical (unpaired) electrons. The van der Waals surface area contributed by atoms with E-state index in [2.05, 4.69) is 53.9 Å². The van der Waals surface area contributed by atoms with E-state index in [4.69, 9.17) is 5.73 Å². The molecule has 1 aromatic rings. The van der Waals surface area contributed by atoms with Crippen molar-refractivity contribution in [1.29, 1.82) is 0 Å². The van der Waals surface area contributed by atoms with Gasteiger partial charge in [-0.15, -0.1) is 18.3 Å². The molecule has 0 spiro atoms. The first-order chi connectivity index (χ1) is 8.61. The van der Waals surface area contributed by atoms with Crippen LogP contribution < -0.4 is 5.73 Å². The third-order valence-corrected chi connectivity index (χ3v) is 4.19. The Hall–Kier alpha value is -1.42. The molecule has 1 atom stereocenters. The number of rotatable bonds is 4. The summed E-state index contributed by atoms with van der Waals surface area (Å²) in [6, 6.07) is 8.61. The van der Waals surface area contributed by atoms with Crippen molar-refractivity contribution < 1.29 is 0 Å². The second-order valence-corrected chi connectivity index (χ2v) is 5.46. The summed E-state index contributed by atoms with van der Waals surface area (Å²) >= 11 is 1.75. The average Bonchev–Trinajstić information content (AvgIpc) is 2.69. The Bertz CT molecular complexity index is 466. The van der Waals surface area contributed by atoms with Crippen molar-refractivity contribution in [2.45, 2.75) is 17.4 Å². The predicted molar refractivity (Wildman–Crippen MR) is 79.0 cm³/mol. The molecule has 1 heterocycles. The number of guanidine groups is 1. The zero-order valence-corrected chi connectivity index (χ0v) is 11.7. The zero-order chi connectivity index (χ0) is 13.2. The summed E-state index contributed by atoms with van der Waals surface area (Å²) in [4.78, 5) is 7.75. The second-order valence-electron chi connectivity index (χ2n) is 4.58. The first-order valence-corrected chi connectivity index (χ1v) is 7.17. The smallest absolute Gasteiger partial charge is 0.192 e. The lowest BCUT2D eigenvalue weighted by molar-refractivity contribution is 0.245. The molecule has 1 unspecified atom stereocenters. The SMILES string of the molecule is C=CCN1C(N)=NCC1(C)c1ccc(SC)cc1. The molecule has 0 bridgehead atoms. The van der Waals surface area contributed by atoms with Crippen LogP contribution in [0.4, 0.5) is 0 Å². The molecule has 0 saturated heterocycles. The summed E-state index contributed by atoms with van der Waals surface area (Å²) in [7, 11) is 0. The molecule has 0 amide bonds. The molecular weight excluding hydrogens is 242 g/mol. The predicted octanol–water partition coefficient (Wildman–Crippen LogP) is 2.44. The van der Waals surface area contributed by atoms with Crippen molar-refractivity contribution in [1.82, 2.24) is 4.90 Å². The molecule has 4 heteroatoms. The van der Waals surface area contributed by atoms with E-state index in [1.165, 1.54) is 10.5 Å². The fourth-order valence-corrected chi connectivity index (χ4v) is 2.69. The van der Waals surface area contributed by atoms with Gasteiger partial charge >= 0.3 is 0 Å². The summed E-state index contributed by atoms with van der Waals surface area (Å²) in [6.45, 7) is 7.38. The van der Waals surface area contributed by atoms with E-state index in [1.807, 2.05) is 6.08 Å². The lowest BCUT2D eigenvalue weighted by Gasteiger charge is -2.36. The van der Waals surface area contributed by atoms with Crippen LogP contribution >= 0.6 is 11.8 Å². The molecule has 0 aromatic heterocycles. The van der Waals surface area contributed by atoms with Gasteiger partial charge in [-0.3, -0.25) is 4.99 Å². The number of hydrogen-bond donors (Lipinski definition) is 1. The minimum absolute atomic E-state index is 0.158. The third-order valence-electron chi connectivity index (χ3n) is 3.44. The van der Waals surface area contributed by atoms with Gasteiger partial charge in [-0.1, -0.05) is 18.2 Å². The maximum Gasteiger partial charge on any atom is 0.192 e. The van der Waals surface area contributed by atoms with Crippen LogP contribution in [0.15, 0.2) is 46.8 Å². The van der Waals surface area contributed by atoms with Crippen molar-refractivity contribution >= 4 is 17.7 Å². The molecule has 2 N–H and O–H groups in total. The molecule has 1 aromatic carbocycles. The number of aliphatic imine (C=N–C) groups is 1. The largest absolute Gasteiger partial charge is 0.370 e. The van der Waals surface area contributed by atoms with Crippen molar-refractivity contribution in [2.24, 2.45) is 10.7 Å². The van der Waals surface area contributed by atoms with E-state index in [9.17, 15) is 0 Å². The Balaban J connectivity index is 2.32. The Morgan fingerprint density at radius 1 is 1.50 bits per heavy atom. The first-order valence-electron chi connectivity index (χ1n) is 5.95. The van der Waals surface area contributed by atoms with E-state index < -0.39 is 0 Å². The molecule has 1 aliphatic heterocycles. The summed E-state index contributed by atoms with van der Waals surface area (Å²) < 4.78 is 0. The van der Waals surface area contributed by atoms with Crippen LogP contribution in [0, 0.1) is 0 Å². The average molecular weight is 261 g/mol. The minimum Gasteiger partial charge on any atom is -0.370 e. The number of nitrogens with zero attached hydrogens (tertiary/aromatic N) is 2. The fourth-order valence-electron chi connectivity index (χ4n) is 2.28. The topological polar surface area (TPSA) is 41.6 Å². The molecule has 0 saturated carbocycles. The van der Waals surface area contributed by atoms with E-state index in [-0.39, 0.29) is 5.54 Å². The number of thioether (sulfide) groups is 1. The van der Waals surface area contributed by atoms with E-state index in [0.29, 0.717) is 12.5 Å². The normalized spacial score (nSPS) is 23.0. The first kappa shape index (κ1) is 13.0. The van der Waals surface area contributed by atoms with Gasteiger partial charge in [-0.2, -0.15) is 0 Å². The van der Waals surface area contributed by atoms with Gasteiger partial charge in [0.2, 0.25) is 0 Å². The fraction of sp³-hybridized carbons (Fsp3) is 0.357. The van der Waals surface area contributed by atoms with Crippen molar-refractivity contribution in [3.05, 3.63) is 42.5 Å². The number of nitrogens with two attached hydrogens (primary N) is 1. The van der Waals surface area contributed by atoms with Crippen LogP contribution in [0.1, 0.15) is 12.5 Å². The standard InChI is InChI=1S/C14H19N3S/c1-4-9-17-13(15)16-10-14(17,2)11-5-7-12(18-3)8-6-11/h4-8H,1,9-10H2,2-3H3,(H2,15,16). The highest BCUT2D eigenvalue weighted by atomic mass is 32.2. The van der Waals surface area contributed by atoms with Crippen LogP contribution in [0.5, 0.6) is 0 Å². The molecule has 18 heavy (non-hydrogen) atoms. The molecule has 0 aliphatic carbocycles. The number of hydrogen-bond acceptors (Lipinski definition) is 4. The summed E-state index contributed by atoms with van der Waals surface area (Å²) in [5.41, 5.74) is 7.04. The minimum atomic E-state index is -0.158. The Kier molecular flexibility index (Phi) is 3.66. The van der Waals surface area contributed by atoms with Crippen LogP contribution in [-0.2, 0) is 5.54 Å². The Morgan fingerprint density at radius 2 is 2.17 bits per heavy atom. The van der Waals surface area contributed by atoms with Crippen molar-refractivity contribution in [3.8, 4) is 0 Å². The third kappa shape index (κ3) is 2.12. The van der Waals surface area contributed by atoms with Crippen LogP contribution in [-0.4, -0.2) is 30.2 Å². The number of benzene rings is 1. The lowest BCUT2D eigenvalue weighted by atomic mass is 9.91. The molecule has 2 rings (SSSR count). The maximum absolute atomic E-state index is 5.96. The molecule has 96 valence electrons. The molecule has 1 aliphatic rings. The monoisotopic (exact) mass is 261 g/mol. The highest BCUT2D eigenvalue weighted by molar-refractivity contribution is 7.98. The van der Waals surface area contributed by atoms with Gasteiger partial charge in [0.05, 0.1) is 12.1 Å². The van der Waals surface area contributed by atoms with Gasteiger partial charge in [0.25, 0.3) is 0 Å². The molecular formula is C14H19N3S. The zero-order valence-electron chi connectivity index (χ0n) is 10.9. The maximum atomic E-state index is 5.96. The summed E-state index contributed by atoms with van der Waals surface area (Å²) in [6.07, 6.45) is 3.94. The second kappa shape index (κ2) is 5.06. The van der Waals surface area contributed by atoms with E-state index in [1.54, 1.807) is 11.8 Å². The van der Waals surface area contributed by atoms with Gasteiger partial charge in [-0.05, 0) is 30.9 Å². The van der Waals surface area contributed by atoms with Crippen molar-refractivity contribution in [3.63, 3.8) is 0 Å². The van der Waals surface area contributed by atoms with Gasteiger partial charge in [0, 0.05) is 11.4 Å². The quantitative estimate of drug-likeness (QED) is 0.668. The van der Waals surface area contributed by atoms with E-state index in [0.717, 1.165) is 6.54 Å². The van der Waals surface area contributed by atoms with Crippen LogP contribution in [0.3, 0.4) is 0 Å². The highest BCUT2D eigenvalue weighted by Crippen LogP contribution is 2.33. The van der Waals surface area contributed by atoms with Crippen molar-refractivity contribution in [2.75, 3.05) is 19.3 Å². The summed E-state index contributed by atoms with van der Waals surface area (Å²) in [5, 5.41) is 0. The van der Waals surface area contributed by atoms with Gasteiger partial charge < -0.3 is 10.6 Å². The Labute approximate surface area is 113 Å². The van der Waals surface area contributed by atoms with Gasteiger partial charge in [0.1, 0.15) is 0 Å². The summed E-state index contributed by atoms with van der Waals surface area (Å²) in [5.74, 6) is 0.603. The lowest BCUT2D eigenvalue weighted by Crippen LogP contribution is -2.47. The van der Waals surface area contributed by atoms with Gasteiger partial charge in [-0.25, -0.2) is 0 Å². The highest BCUT2D eigenvalue weighted by Gasteiger charge is 2.38. The van der Waals surface area contributed by atoms with Gasteiger partial charge in [0.15, 0.2) is 5.96 Å². The van der Waals surface area contributed by atoms with Crippen LogP contribution in [0.2, 0.25) is 0 Å².